The number of ether oxygens (including phenoxy) is 1. The Kier molecular flexibility index (Phi) is 5.14. The summed E-state index contributed by atoms with van der Waals surface area (Å²) in [5.41, 5.74) is 4.96. The molecule has 0 aliphatic rings. The molecular weight excluding hydrogens is 348 g/mol. The van der Waals surface area contributed by atoms with E-state index in [4.69, 9.17) is 16.3 Å². The molecule has 2 aromatic carbocycles. The van der Waals surface area contributed by atoms with Crippen molar-refractivity contribution in [1.29, 1.82) is 0 Å². The van der Waals surface area contributed by atoms with Gasteiger partial charge < -0.3 is 4.74 Å². The summed E-state index contributed by atoms with van der Waals surface area (Å²) in [4.78, 5) is 13.1. The van der Waals surface area contributed by atoms with Gasteiger partial charge in [-0.2, -0.15) is 5.10 Å². The number of carbonyl (C=O) groups is 1. The number of nitrogens with zero attached hydrogens (tertiary/aromatic N) is 2. The molecule has 0 spiro atoms. The highest BCUT2D eigenvalue weighted by atomic mass is 35.5. The second kappa shape index (κ2) is 7.34. The normalized spacial score (nSPS) is 10.8. The molecule has 26 heavy (non-hydrogen) atoms. The van der Waals surface area contributed by atoms with E-state index < -0.39 is 0 Å². The summed E-state index contributed by atoms with van der Waals surface area (Å²) >= 11 is 6.46. The molecule has 0 atom stereocenters. The van der Waals surface area contributed by atoms with E-state index in [1.807, 2.05) is 57.2 Å². The van der Waals surface area contributed by atoms with Gasteiger partial charge >= 0.3 is 0 Å². The van der Waals surface area contributed by atoms with Crippen molar-refractivity contribution < 1.29 is 9.53 Å². The molecule has 1 heterocycles. The molecule has 3 rings (SSSR count). The maximum Gasteiger partial charge on any atom is 0.223 e. The predicted octanol–water partition coefficient (Wildman–Crippen LogP) is 4.81. The fourth-order valence-electron chi connectivity index (χ4n) is 2.84. The molecular formula is C21H21ClN2O2. The standard InChI is InChI=1S/C21H21ClN2O2/c1-13-10-17(19(22)15(3)14(13)2)20(25)18-11-23-24(4)21(18)26-12-16-8-6-5-7-9-16/h5-11H,12H2,1-4H3. The first-order valence-electron chi connectivity index (χ1n) is 8.40. The van der Waals surface area contributed by atoms with Gasteiger partial charge in [0.05, 0.1) is 11.2 Å². The lowest BCUT2D eigenvalue weighted by molar-refractivity contribution is 0.103. The minimum atomic E-state index is -0.183. The Hall–Kier alpha value is -2.59. The van der Waals surface area contributed by atoms with Crippen LogP contribution in [0.3, 0.4) is 0 Å². The van der Waals surface area contributed by atoms with E-state index in [0.29, 0.717) is 28.6 Å². The van der Waals surface area contributed by atoms with Gasteiger partial charge in [0, 0.05) is 12.6 Å². The SMILES string of the molecule is Cc1cc(C(=O)c2cnn(C)c2OCc2ccccc2)c(Cl)c(C)c1C. The summed E-state index contributed by atoms with van der Waals surface area (Å²) in [6, 6.07) is 11.6. The fourth-order valence-corrected chi connectivity index (χ4v) is 3.12. The molecule has 0 amide bonds. The van der Waals surface area contributed by atoms with Crippen LogP contribution in [0.25, 0.3) is 0 Å². The highest BCUT2D eigenvalue weighted by molar-refractivity contribution is 6.36. The van der Waals surface area contributed by atoms with Crippen molar-refractivity contribution >= 4 is 17.4 Å². The summed E-state index contributed by atoms with van der Waals surface area (Å²) in [5.74, 6) is 0.253. The van der Waals surface area contributed by atoms with Crippen LogP contribution in [-0.4, -0.2) is 15.6 Å². The molecule has 0 fully saturated rings. The Morgan fingerprint density at radius 3 is 2.50 bits per heavy atom. The van der Waals surface area contributed by atoms with E-state index in [1.54, 1.807) is 11.7 Å². The van der Waals surface area contributed by atoms with E-state index in [1.165, 1.54) is 6.20 Å². The Labute approximate surface area is 158 Å². The largest absolute Gasteiger partial charge is 0.472 e. The predicted molar refractivity (Wildman–Crippen MR) is 103 cm³/mol. The Bertz CT molecular complexity index is 962. The number of aromatic nitrogens is 2. The molecule has 0 unspecified atom stereocenters. The molecule has 3 aromatic rings. The monoisotopic (exact) mass is 368 g/mol. The van der Waals surface area contributed by atoms with Crippen molar-refractivity contribution in [3.63, 3.8) is 0 Å². The lowest BCUT2D eigenvalue weighted by Crippen LogP contribution is -2.08. The zero-order valence-corrected chi connectivity index (χ0v) is 16.1. The quantitative estimate of drug-likeness (QED) is 0.607. The van der Waals surface area contributed by atoms with Crippen LogP contribution in [0, 0.1) is 20.8 Å². The van der Waals surface area contributed by atoms with Gasteiger partial charge in [-0.25, -0.2) is 4.68 Å². The van der Waals surface area contributed by atoms with Crippen LogP contribution in [0.1, 0.15) is 38.2 Å². The lowest BCUT2D eigenvalue weighted by atomic mass is 9.96. The third kappa shape index (κ3) is 3.37. The molecule has 0 N–H and O–H groups in total. The Morgan fingerprint density at radius 1 is 1.12 bits per heavy atom. The van der Waals surface area contributed by atoms with Crippen LogP contribution in [0.15, 0.2) is 42.6 Å². The Morgan fingerprint density at radius 2 is 1.81 bits per heavy atom. The number of benzene rings is 2. The average molecular weight is 369 g/mol. The summed E-state index contributed by atoms with van der Waals surface area (Å²) in [7, 11) is 1.75. The number of halogens is 1. The van der Waals surface area contributed by atoms with E-state index in [2.05, 4.69) is 5.10 Å². The van der Waals surface area contributed by atoms with Crippen LogP contribution in [0.4, 0.5) is 0 Å². The minimum Gasteiger partial charge on any atom is -0.472 e. The minimum absolute atomic E-state index is 0.183. The fraction of sp³-hybridized carbons (Fsp3) is 0.238. The van der Waals surface area contributed by atoms with Crippen molar-refractivity contribution in [1.82, 2.24) is 9.78 Å². The molecule has 4 nitrogen and oxygen atoms in total. The second-order valence-electron chi connectivity index (χ2n) is 6.40. The molecule has 0 aliphatic heterocycles. The summed E-state index contributed by atoms with van der Waals surface area (Å²) in [5, 5.41) is 4.68. The van der Waals surface area contributed by atoms with Crippen molar-refractivity contribution in [2.45, 2.75) is 27.4 Å². The van der Waals surface area contributed by atoms with Crippen molar-refractivity contribution in [3.05, 3.63) is 81.0 Å². The zero-order valence-electron chi connectivity index (χ0n) is 15.3. The van der Waals surface area contributed by atoms with Gasteiger partial charge in [0.25, 0.3) is 0 Å². The number of hydrogen-bond acceptors (Lipinski definition) is 3. The first kappa shape index (κ1) is 18.2. The number of hydrogen-bond donors (Lipinski definition) is 0. The zero-order chi connectivity index (χ0) is 18.8. The first-order valence-corrected chi connectivity index (χ1v) is 8.77. The van der Waals surface area contributed by atoms with Crippen LogP contribution in [0.2, 0.25) is 5.02 Å². The lowest BCUT2D eigenvalue weighted by Gasteiger charge is -2.13. The van der Waals surface area contributed by atoms with Crippen molar-refractivity contribution in [2.75, 3.05) is 0 Å². The molecule has 0 bridgehead atoms. The molecule has 1 aromatic heterocycles. The van der Waals surface area contributed by atoms with Crippen LogP contribution in [-0.2, 0) is 13.7 Å². The third-order valence-electron chi connectivity index (χ3n) is 4.67. The maximum atomic E-state index is 13.1. The highest BCUT2D eigenvalue weighted by Crippen LogP contribution is 2.30. The van der Waals surface area contributed by atoms with Crippen LogP contribution >= 0.6 is 11.6 Å². The topological polar surface area (TPSA) is 44.1 Å². The van der Waals surface area contributed by atoms with Crippen LogP contribution < -0.4 is 4.74 Å². The van der Waals surface area contributed by atoms with Gasteiger partial charge in [0.1, 0.15) is 12.2 Å². The molecule has 134 valence electrons. The van der Waals surface area contributed by atoms with E-state index in [9.17, 15) is 4.79 Å². The summed E-state index contributed by atoms with van der Waals surface area (Å²) in [6.45, 7) is 6.27. The second-order valence-corrected chi connectivity index (χ2v) is 6.77. The van der Waals surface area contributed by atoms with Crippen molar-refractivity contribution in [3.8, 4) is 5.88 Å². The van der Waals surface area contributed by atoms with Gasteiger partial charge in [-0.1, -0.05) is 41.9 Å². The Balaban J connectivity index is 1.94. The van der Waals surface area contributed by atoms with Gasteiger partial charge in [-0.05, 0) is 49.1 Å². The average Bonchev–Trinajstić information content (AvgIpc) is 3.02. The number of rotatable bonds is 5. The molecule has 0 saturated carbocycles. The first-order chi connectivity index (χ1) is 12.4. The molecule has 0 aliphatic carbocycles. The summed E-state index contributed by atoms with van der Waals surface area (Å²) < 4.78 is 7.46. The number of carbonyl (C=O) groups excluding carboxylic acids is 1. The smallest absolute Gasteiger partial charge is 0.223 e. The van der Waals surface area contributed by atoms with Gasteiger partial charge in [-0.3, -0.25) is 4.79 Å². The third-order valence-corrected chi connectivity index (χ3v) is 5.16. The van der Waals surface area contributed by atoms with Gasteiger partial charge in [-0.15, -0.1) is 0 Å². The summed E-state index contributed by atoms with van der Waals surface area (Å²) in [6.07, 6.45) is 1.53. The van der Waals surface area contributed by atoms with Crippen LogP contribution in [0.5, 0.6) is 5.88 Å². The van der Waals surface area contributed by atoms with Crippen molar-refractivity contribution in [2.24, 2.45) is 7.05 Å². The number of ketones is 1. The van der Waals surface area contributed by atoms with E-state index in [-0.39, 0.29) is 5.78 Å². The highest BCUT2D eigenvalue weighted by Gasteiger charge is 2.23. The number of aryl methyl sites for hydroxylation is 2. The maximum absolute atomic E-state index is 13.1. The molecule has 0 saturated heterocycles. The van der Waals surface area contributed by atoms with E-state index >= 15 is 0 Å². The van der Waals surface area contributed by atoms with Gasteiger partial charge in [0.2, 0.25) is 11.7 Å². The molecule has 0 radical (unpaired) electrons. The van der Waals surface area contributed by atoms with E-state index in [0.717, 1.165) is 22.3 Å². The molecule has 5 heteroatoms. The van der Waals surface area contributed by atoms with Gasteiger partial charge in [0.15, 0.2) is 0 Å².